The quantitative estimate of drug-likeness (QED) is 0.686. The van der Waals surface area contributed by atoms with Gasteiger partial charge >= 0.3 is 0 Å². The van der Waals surface area contributed by atoms with Crippen LogP contribution >= 0.6 is 11.6 Å². The highest BCUT2D eigenvalue weighted by atomic mass is 35.5. The fourth-order valence-corrected chi connectivity index (χ4v) is 4.00. The molecule has 0 amide bonds. The first-order valence-electron chi connectivity index (χ1n) is 8.79. The second-order valence-electron chi connectivity index (χ2n) is 6.61. The van der Waals surface area contributed by atoms with Crippen molar-refractivity contribution >= 4 is 40.2 Å². The molecule has 5 rings (SSSR count). The lowest BCUT2D eigenvalue weighted by atomic mass is 9.87. The van der Waals surface area contributed by atoms with E-state index in [0.29, 0.717) is 0 Å². The number of hydrogen-bond donors (Lipinski definition) is 1. The van der Waals surface area contributed by atoms with E-state index in [9.17, 15) is 0 Å². The van der Waals surface area contributed by atoms with Crippen molar-refractivity contribution in [3.8, 4) is 0 Å². The Kier molecular flexibility index (Phi) is 3.62. The van der Waals surface area contributed by atoms with E-state index >= 15 is 0 Å². The Balaban J connectivity index is 1.78. The molecule has 0 aromatic heterocycles. The van der Waals surface area contributed by atoms with Crippen molar-refractivity contribution in [1.82, 2.24) is 0 Å². The normalized spacial score (nSPS) is 16.3. The highest BCUT2D eigenvalue weighted by molar-refractivity contribution is 6.31. The zero-order chi connectivity index (χ0) is 17.5. The first kappa shape index (κ1) is 15.4. The third-order valence-electron chi connectivity index (χ3n) is 5.09. The first-order chi connectivity index (χ1) is 12.8. The Morgan fingerprint density at radius 1 is 0.808 bits per heavy atom. The molecule has 0 unspecified atom stereocenters. The predicted molar refractivity (Wildman–Crippen MR) is 110 cm³/mol. The molecule has 1 N–H and O–H groups in total. The minimum atomic E-state index is 0.757. The largest absolute Gasteiger partial charge is 0.211 e. The summed E-state index contributed by atoms with van der Waals surface area (Å²) in [5.41, 5.74) is 10.1. The van der Waals surface area contributed by atoms with Gasteiger partial charge in [0.2, 0.25) is 5.69 Å². The zero-order valence-electron chi connectivity index (χ0n) is 14.2. The molecule has 0 fully saturated rings. The Labute approximate surface area is 158 Å². The van der Waals surface area contributed by atoms with Crippen molar-refractivity contribution in [2.75, 3.05) is 0 Å². The molecule has 0 bridgehead atoms. The average molecular weight is 355 g/mol. The lowest BCUT2D eigenvalue weighted by molar-refractivity contribution is -0.342. The van der Waals surface area contributed by atoms with Crippen LogP contribution in [0.15, 0.2) is 78.9 Å². The van der Waals surface area contributed by atoms with E-state index in [1.54, 1.807) is 0 Å². The molecule has 3 aromatic carbocycles. The average Bonchev–Trinajstić information content (AvgIpc) is 3.29. The summed E-state index contributed by atoms with van der Waals surface area (Å²) < 4.78 is 0. The minimum Gasteiger partial charge on any atom is -0.210 e. The van der Waals surface area contributed by atoms with Crippen LogP contribution in [0.5, 0.6) is 0 Å². The van der Waals surface area contributed by atoms with E-state index in [0.717, 1.165) is 17.1 Å². The van der Waals surface area contributed by atoms with E-state index in [2.05, 4.69) is 77.9 Å². The minimum absolute atomic E-state index is 0.757. The van der Waals surface area contributed by atoms with Gasteiger partial charge in [0.05, 0.1) is 11.1 Å². The van der Waals surface area contributed by atoms with Gasteiger partial charge in [-0.25, -0.2) is 4.99 Å². The van der Waals surface area contributed by atoms with Crippen LogP contribution in [0, 0.1) is 0 Å². The number of hydrogen-bond acceptors (Lipinski definition) is 0. The van der Waals surface area contributed by atoms with Crippen LogP contribution in [0.2, 0.25) is 5.02 Å². The van der Waals surface area contributed by atoms with Crippen LogP contribution in [0.25, 0.3) is 16.7 Å². The zero-order valence-corrected chi connectivity index (χ0v) is 14.9. The molecule has 0 saturated heterocycles. The molecule has 1 aliphatic heterocycles. The fourth-order valence-electron chi connectivity index (χ4n) is 3.87. The molecule has 3 aromatic rings. The topological polar surface area (TPSA) is 14.0 Å². The number of allylic oxidation sites excluding steroid dienone is 4. The molecule has 1 heterocycles. The van der Waals surface area contributed by atoms with Gasteiger partial charge in [-0.15, -0.1) is 0 Å². The lowest BCUT2D eigenvalue weighted by Crippen LogP contribution is -2.58. The van der Waals surface area contributed by atoms with Crippen LogP contribution in [0.3, 0.4) is 0 Å². The summed E-state index contributed by atoms with van der Waals surface area (Å²) in [5, 5.41) is 0.757. The van der Waals surface area contributed by atoms with Gasteiger partial charge < -0.3 is 0 Å². The summed E-state index contributed by atoms with van der Waals surface area (Å²) in [6.07, 6.45) is 5.44. The van der Waals surface area contributed by atoms with Gasteiger partial charge in [0, 0.05) is 16.7 Å². The van der Waals surface area contributed by atoms with Gasteiger partial charge in [-0.1, -0.05) is 66.2 Å². The van der Waals surface area contributed by atoms with Crippen LogP contribution in [0.4, 0.5) is 5.69 Å². The van der Waals surface area contributed by atoms with Crippen molar-refractivity contribution < 1.29 is 4.99 Å². The maximum Gasteiger partial charge on any atom is 0.211 e. The Morgan fingerprint density at radius 2 is 1.54 bits per heavy atom. The SMILES string of the molecule is Clc1ccc(C(C2=CCc3ccccc32)=C2C=[NH+]c3ccccc32)cc1. The van der Waals surface area contributed by atoms with Crippen molar-refractivity contribution in [2.24, 2.45) is 0 Å². The van der Waals surface area contributed by atoms with E-state index in [-0.39, 0.29) is 0 Å². The summed E-state index contributed by atoms with van der Waals surface area (Å²) in [6, 6.07) is 25.3. The fraction of sp³-hybridized carbons (Fsp3) is 0.0417. The number of fused-ring (bicyclic) bond motifs is 2. The monoisotopic (exact) mass is 354 g/mol. The summed E-state index contributed by atoms with van der Waals surface area (Å²) in [5.74, 6) is 0. The third-order valence-corrected chi connectivity index (χ3v) is 5.35. The number of para-hydroxylation sites is 1. The van der Waals surface area contributed by atoms with E-state index in [1.165, 1.54) is 39.0 Å². The van der Waals surface area contributed by atoms with Crippen molar-refractivity contribution in [3.63, 3.8) is 0 Å². The maximum atomic E-state index is 6.15. The van der Waals surface area contributed by atoms with Crippen molar-refractivity contribution in [2.45, 2.75) is 6.42 Å². The standard InChI is InChI=1S/C24H16ClN/c25-18-12-9-17(10-13-18)24(21-14-11-16-5-1-2-6-19(16)21)22-15-26-23-8-4-3-7-20(22)23/h1-10,12-15H,11H2/p+1. The molecule has 1 nitrogen and oxygen atoms in total. The molecule has 0 spiro atoms. The Morgan fingerprint density at radius 3 is 2.38 bits per heavy atom. The van der Waals surface area contributed by atoms with Crippen molar-refractivity contribution in [3.05, 3.63) is 106 Å². The predicted octanol–water partition coefficient (Wildman–Crippen LogP) is 4.69. The summed E-state index contributed by atoms with van der Waals surface area (Å²) in [4.78, 5) is 3.42. The van der Waals surface area contributed by atoms with Gasteiger partial charge in [-0.05, 0) is 46.9 Å². The Hall–Kier alpha value is -2.90. The summed E-state index contributed by atoms with van der Waals surface area (Å²) in [7, 11) is 0. The second-order valence-corrected chi connectivity index (χ2v) is 7.05. The second kappa shape index (κ2) is 6.12. The van der Waals surface area contributed by atoms with Crippen LogP contribution in [-0.4, -0.2) is 6.21 Å². The number of benzene rings is 3. The molecule has 26 heavy (non-hydrogen) atoms. The van der Waals surface area contributed by atoms with Crippen molar-refractivity contribution in [1.29, 1.82) is 0 Å². The van der Waals surface area contributed by atoms with Gasteiger partial charge in [0.1, 0.15) is 0 Å². The van der Waals surface area contributed by atoms with Crippen LogP contribution in [0.1, 0.15) is 22.3 Å². The van der Waals surface area contributed by atoms with E-state index in [4.69, 9.17) is 11.6 Å². The first-order valence-corrected chi connectivity index (χ1v) is 9.17. The molecule has 0 radical (unpaired) electrons. The van der Waals surface area contributed by atoms with Gasteiger partial charge in [-0.2, -0.15) is 0 Å². The third kappa shape index (κ3) is 2.44. The molecule has 0 saturated carbocycles. The number of halogens is 1. The lowest BCUT2D eigenvalue weighted by Gasteiger charge is -2.14. The summed E-state index contributed by atoms with van der Waals surface area (Å²) >= 11 is 6.15. The molecular weight excluding hydrogens is 338 g/mol. The number of nitrogens with one attached hydrogen (secondary N) is 1. The highest BCUT2D eigenvalue weighted by Crippen LogP contribution is 2.42. The Bertz CT molecular complexity index is 1100. The smallest absolute Gasteiger partial charge is 0.210 e. The maximum absolute atomic E-state index is 6.15. The van der Waals surface area contributed by atoms with Gasteiger partial charge in [0.15, 0.2) is 6.21 Å². The molecular formula is C24H17ClN+. The number of rotatable bonds is 2. The summed E-state index contributed by atoms with van der Waals surface area (Å²) in [6.45, 7) is 0. The highest BCUT2D eigenvalue weighted by Gasteiger charge is 2.27. The molecule has 0 atom stereocenters. The molecule has 2 aliphatic rings. The van der Waals surface area contributed by atoms with E-state index < -0.39 is 0 Å². The van der Waals surface area contributed by atoms with Gasteiger partial charge in [0.25, 0.3) is 0 Å². The molecule has 2 heteroatoms. The van der Waals surface area contributed by atoms with Gasteiger partial charge in [-0.3, -0.25) is 0 Å². The molecule has 124 valence electrons. The molecule has 1 aliphatic carbocycles. The van der Waals surface area contributed by atoms with Crippen LogP contribution in [-0.2, 0) is 6.42 Å². The van der Waals surface area contributed by atoms with Crippen LogP contribution < -0.4 is 4.99 Å². The van der Waals surface area contributed by atoms with E-state index in [1.807, 2.05) is 12.1 Å².